The van der Waals surface area contributed by atoms with E-state index in [1.165, 1.54) is 30.9 Å². The molecule has 0 aliphatic carbocycles. The SMILES string of the molecule is CC(=O)SCCC#Cc1cnc(Cl)c(C(=O)O)c1. The summed E-state index contributed by atoms with van der Waals surface area (Å²) in [6, 6.07) is 1.38. The molecular formula is C12H10ClNO3S. The molecule has 1 heterocycles. The number of carbonyl (C=O) groups is 2. The molecule has 94 valence electrons. The van der Waals surface area contributed by atoms with Crippen molar-refractivity contribution >= 4 is 34.4 Å². The molecule has 4 nitrogen and oxygen atoms in total. The van der Waals surface area contributed by atoms with Crippen molar-refractivity contribution in [3.8, 4) is 11.8 Å². The summed E-state index contributed by atoms with van der Waals surface area (Å²) >= 11 is 6.83. The average Bonchev–Trinajstić information content (AvgIpc) is 2.30. The molecule has 1 rings (SSSR count). The maximum Gasteiger partial charge on any atom is 0.338 e. The standard InChI is InChI=1S/C12H10ClNO3S/c1-8(15)18-5-3-2-4-9-6-10(12(16)17)11(13)14-7-9/h6-7H,3,5H2,1H3,(H,16,17). The highest BCUT2D eigenvalue weighted by Crippen LogP contribution is 2.13. The maximum absolute atomic E-state index is 10.8. The van der Waals surface area contributed by atoms with Gasteiger partial charge in [0, 0.05) is 30.9 Å². The molecule has 6 heteroatoms. The Morgan fingerprint density at radius 3 is 2.89 bits per heavy atom. The van der Waals surface area contributed by atoms with E-state index in [0.29, 0.717) is 17.7 Å². The topological polar surface area (TPSA) is 67.3 Å². The van der Waals surface area contributed by atoms with Crippen LogP contribution in [0.5, 0.6) is 0 Å². The highest BCUT2D eigenvalue weighted by molar-refractivity contribution is 8.13. The van der Waals surface area contributed by atoms with Gasteiger partial charge in [-0.25, -0.2) is 9.78 Å². The van der Waals surface area contributed by atoms with Crippen LogP contribution in [0.2, 0.25) is 5.15 Å². The van der Waals surface area contributed by atoms with Gasteiger partial charge in [-0.15, -0.1) is 0 Å². The quantitative estimate of drug-likeness (QED) is 0.524. The summed E-state index contributed by atoms with van der Waals surface area (Å²) in [6.45, 7) is 1.50. The molecule has 0 unspecified atom stereocenters. The minimum Gasteiger partial charge on any atom is -0.478 e. The summed E-state index contributed by atoms with van der Waals surface area (Å²) in [5.41, 5.74) is 0.422. The number of carboxylic acids is 1. The molecule has 0 spiro atoms. The van der Waals surface area contributed by atoms with Gasteiger partial charge in [0.05, 0.1) is 5.56 Å². The van der Waals surface area contributed by atoms with E-state index in [1.807, 2.05) is 0 Å². The zero-order valence-electron chi connectivity index (χ0n) is 9.57. The number of thioether (sulfide) groups is 1. The van der Waals surface area contributed by atoms with Crippen LogP contribution < -0.4 is 0 Å². The molecule has 0 saturated heterocycles. The van der Waals surface area contributed by atoms with Crippen LogP contribution >= 0.6 is 23.4 Å². The maximum atomic E-state index is 10.8. The lowest BCUT2D eigenvalue weighted by Gasteiger charge is -1.97. The smallest absolute Gasteiger partial charge is 0.338 e. The number of nitrogens with zero attached hydrogens (tertiary/aromatic N) is 1. The Hall–Kier alpha value is -1.51. The van der Waals surface area contributed by atoms with Gasteiger partial charge in [-0.3, -0.25) is 4.79 Å². The van der Waals surface area contributed by atoms with Crippen LogP contribution in [0, 0.1) is 11.8 Å². The Bertz CT molecular complexity index is 534. The first-order chi connectivity index (χ1) is 8.50. The first kappa shape index (κ1) is 14.6. The van der Waals surface area contributed by atoms with Gasteiger partial charge in [-0.1, -0.05) is 35.2 Å². The number of hydrogen-bond acceptors (Lipinski definition) is 4. The van der Waals surface area contributed by atoms with E-state index in [2.05, 4.69) is 16.8 Å². The molecule has 0 atom stereocenters. The zero-order chi connectivity index (χ0) is 13.5. The summed E-state index contributed by atoms with van der Waals surface area (Å²) in [7, 11) is 0. The highest BCUT2D eigenvalue weighted by Gasteiger charge is 2.09. The Morgan fingerprint density at radius 1 is 1.56 bits per heavy atom. The lowest BCUT2D eigenvalue weighted by Crippen LogP contribution is -1.99. The lowest BCUT2D eigenvalue weighted by molar-refractivity contribution is -0.109. The lowest BCUT2D eigenvalue weighted by atomic mass is 10.2. The van der Waals surface area contributed by atoms with Crippen molar-refractivity contribution < 1.29 is 14.7 Å². The molecule has 0 amide bonds. The fourth-order valence-electron chi connectivity index (χ4n) is 1.08. The molecule has 1 aromatic rings. The van der Waals surface area contributed by atoms with Crippen LogP contribution in [0.15, 0.2) is 12.3 Å². The van der Waals surface area contributed by atoms with Gasteiger partial charge >= 0.3 is 5.97 Å². The van der Waals surface area contributed by atoms with Gasteiger partial charge in [0.25, 0.3) is 0 Å². The van der Waals surface area contributed by atoms with E-state index in [1.54, 1.807) is 0 Å². The predicted molar refractivity (Wildman–Crippen MR) is 70.8 cm³/mol. The van der Waals surface area contributed by atoms with E-state index in [-0.39, 0.29) is 15.8 Å². The van der Waals surface area contributed by atoms with Crippen LogP contribution in [0.25, 0.3) is 0 Å². The van der Waals surface area contributed by atoms with E-state index in [9.17, 15) is 9.59 Å². The first-order valence-electron chi connectivity index (χ1n) is 5.02. The second kappa shape index (κ2) is 7.04. The number of rotatable bonds is 3. The number of carboxylic acid groups (broad SMARTS) is 1. The molecule has 0 saturated carbocycles. The fraction of sp³-hybridized carbons (Fsp3) is 0.250. The molecule has 0 radical (unpaired) electrons. The van der Waals surface area contributed by atoms with Gasteiger partial charge in [-0.05, 0) is 6.07 Å². The Balaban J connectivity index is 2.68. The molecule has 0 aliphatic rings. The Labute approximate surface area is 114 Å². The Morgan fingerprint density at radius 2 is 2.28 bits per heavy atom. The minimum atomic E-state index is -1.14. The zero-order valence-corrected chi connectivity index (χ0v) is 11.1. The summed E-state index contributed by atoms with van der Waals surface area (Å²) in [4.78, 5) is 25.2. The summed E-state index contributed by atoms with van der Waals surface area (Å²) in [6.07, 6.45) is 1.97. The van der Waals surface area contributed by atoms with Crippen LogP contribution in [-0.4, -0.2) is 26.9 Å². The van der Waals surface area contributed by atoms with Gasteiger partial charge in [0.1, 0.15) is 5.15 Å². The number of hydrogen-bond donors (Lipinski definition) is 1. The van der Waals surface area contributed by atoms with Crippen molar-refractivity contribution in [1.82, 2.24) is 4.98 Å². The van der Waals surface area contributed by atoms with E-state index in [4.69, 9.17) is 16.7 Å². The summed E-state index contributed by atoms with van der Waals surface area (Å²) in [5, 5.41) is 8.85. The van der Waals surface area contributed by atoms with Gasteiger partial charge < -0.3 is 5.11 Å². The van der Waals surface area contributed by atoms with Crippen molar-refractivity contribution in [1.29, 1.82) is 0 Å². The molecule has 1 aromatic heterocycles. The third-order valence-corrected chi connectivity index (χ3v) is 2.95. The monoisotopic (exact) mass is 283 g/mol. The third kappa shape index (κ3) is 4.78. The van der Waals surface area contributed by atoms with Crippen LogP contribution in [0.3, 0.4) is 0 Å². The number of aromatic nitrogens is 1. The second-order valence-corrected chi connectivity index (χ2v) is 4.89. The largest absolute Gasteiger partial charge is 0.478 e. The number of pyridine rings is 1. The van der Waals surface area contributed by atoms with Crippen molar-refractivity contribution in [2.45, 2.75) is 13.3 Å². The molecule has 18 heavy (non-hydrogen) atoms. The molecule has 0 bridgehead atoms. The van der Waals surface area contributed by atoms with Gasteiger partial charge in [0.2, 0.25) is 0 Å². The highest BCUT2D eigenvalue weighted by atomic mass is 35.5. The van der Waals surface area contributed by atoms with E-state index < -0.39 is 5.97 Å². The van der Waals surface area contributed by atoms with Crippen molar-refractivity contribution in [2.24, 2.45) is 0 Å². The third-order valence-electron chi connectivity index (χ3n) is 1.83. The first-order valence-corrected chi connectivity index (χ1v) is 6.38. The van der Waals surface area contributed by atoms with Gasteiger partial charge in [-0.2, -0.15) is 0 Å². The number of carbonyl (C=O) groups excluding carboxylic acids is 1. The number of aromatic carboxylic acids is 1. The summed E-state index contributed by atoms with van der Waals surface area (Å²) in [5.74, 6) is 5.11. The molecule has 0 aliphatic heterocycles. The Kier molecular flexibility index (Phi) is 5.69. The number of halogens is 1. The van der Waals surface area contributed by atoms with E-state index >= 15 is 0 Å². The van der Waals surface area contributed by atoms with Crippen molar-refractivity contribution in [2.75, 3.05) is 5.75 Å². The average molecular weight is 284 g/mol. The van der Waals surface area contributed by atoms with Crippen molar-refractivity contribution in [3.63, 3.8) is 0 Å². The molecular weight excluding hydrogens is 274 g/mol. The normalized spacial score (nSPS) is 9.44. The molecule has 0 aromatic carbocycles. The minimum absolute atomic E-state index is 0.0538. The second-order valence-electron chi connectivity index (χ2n) is 3.26. The summed E-state index contributed by atoms with van der Waals surface area (Å²) < 4.78 is 0. The van der Waals surface area contributed by atoms with Crippen LogP contribution in [0.4, 0.5) is 0 Å². The molecule has 1 N–H and O–H groups in total. The molecule has 0 fully saturated rings. The van der Waals surface area contributed by atoms with Gasteiger partial charge in [0.15, 0.2) is 5.12 Å². The predicted octanol–water partition coefficient (Wildman–Crippen LogP) is 2.45. The van der Waals surface area contributed by atoms with Crippen LogP contribution in [-0.2, 0) is 4.79 Å². The fourth-order valence-corrected chi connectivity index (χ4v) is 1.75. The van der Waals surface area contributed by atoms with Crippen LogP contribution in [0.1, 0.15) is 29.3 Å². The van der Waals surface area contributed by atoms with E-state index in [0.717, 1.165) is 0 Å². The van der Waals surface area contributed by atoms with Crippen molar-refractivity contribution in [3.05, 3.63) is 28.5 Å².